The summed E-state index contributed by atoms with van der Waals surface area (Å²) in [5.74, 6) is -0.510. The Morgan fingerprint density at radius 3 is 3.18 bits per heavy atom. The molecule has 17 heavy (non-hydrogen) atoms. The Labute approximate surface area is 102 Å². The van der Waals surface area contributed by atoms with Crippen LogP contribution in [0.5, 0.6) is 0 Å². The number of ether oxygens (including phenoxy) is 1. The van der Waals surface area contributed by atoms with Gasteiger partial charge in [-0.15, -0.1) is 0 Å². The van der Waals surface area contributed by atoms with E-state index in [9.17, 15) is 4.79 Å². The van der Waals surface area contributed by atoms with Crippen molar-refractivity contribution in [2.75, 3.05) is 18.9 Å². The second-order valence-corrected chi connectivity index (χ2v) is 3.86. The first-order valence-electron chi connectivity index (χ1n) is 4.79. The summed E-state index contributed by atoms with van der Waals surface area (Å²) < 4.78 is 4.84. The van der Waals surface area contributed by atoms with Crippen LogP contribution in [0.1, 0.15) is 22.3 Å². The molecule has 0 spiro atoms. The molecule has 2 N–H and O–H groups in total. The molecule has 1 rings (SSSR count). The van der Waals surface area contributed by atoms with E-state index in [4.69, 9.17) is 16.0 Å². The van der Waals surface area contributed by atoms with E-state index in [2.05, 4.69) is 15.0 Å². The molecule has 0 aliphatic heterocycles. The molecule has 0 aliphatic carbocycles. The van der Waals surface area contributed by atoms with Gasteiger partial charge in [-0.1, -0.05) is 22.5 Å². The van der Waals surface area contributed by atoms with Crippen LogP contribution in [-0.2, 0) is 4.74 Å². The number of aromatic nitrogens is 1. The van der Waals surface area contributed by atoms with Crippen LogP contribution in [0.4, 0.5) is 5.13 Å². The third kappa shape index (κ3) is 3.78. The van der Waals surface area contributed by atoms with Gasteiger partial charge in [0.15, 0.2) is 10.8 Å². The van der Waals surface area contributed by atoms with Gasteiger partial charge >= 0.3 is 5.97 Å². The van der Waals surface area contributed by atoms with Crippen molar-refractivity contribution in [2.24, 2.45) is 5.11 Å². The number of nitrogen functional groups attached to an aromatic ring is 1. The lowest BCUT2D eigenvalue weighted by atomic mass is 10.3. The highest BCUT2D eigenvalue weighted by atomic mass is 32.1. The molecule has 90 valence electrons. The highest BCUT2D eigenvalue weighted by Crippen LogP contribution is 2.22. The Morgan fingerprint density at radius 1 is 1.76 bits per heavy atom. The van der Waals surface area contributed by atoms with Crippen LogP contribution in [0.15, 0.2) is 11.2 Å². The van der Waals surface area contributed by atoms with Crippen LogP contribution in [0.2, 0.25) is 0 Å². The lowest BCUT2D eigenvalue weighted by Gasteiger charge is -1.98. The summed E-state index contributed by atoms with van der Waals surface area (Å²) in [5.41, 5.74) is 13.8. The maximum Gasteiger partial charge on any atom is 0.358 e. The van der Waals surface area contributed by atoms with Gasteiger partial charge in [0.2, 0.25) is 0 Å². The number of esters is 1. The van der Waals surface area contributed by atoms with Crippen LogP contribution in [0, 0.1) is 0 Å². The highest BCUT2D eigenvalue weighted by molar-refractivity contribution is 7.16. The minimum absolute atomic E-state index is 0.187. The summed E-state index contributed by atoms with van der Waals surface area (Å²) in [6.45, 7) is 2.19. The number of carbonyl (C=O) groups excluding carboxylic acids is 1. The lowest BCUT2D eigenvalue weighted by molar-refractivity contribution is 0.0520. The number of thiazole rings is 1. The molecule has 0 amide bonds. The van der Waals surface area contributed by atoms with Crippen molar-refractivity contribution in [3.05, 3.63) is 27.1 Å². The Kier molecular flexibility index (Phi) is 4.99. The predicted octanol–water partition coefficient (Wildman–Crippen LogP) is 2.23. The smallest absolute Gasteiger partial charge is 0.358 e. The van der Waals surface area contributed by atoms with Crippen molar-refractivity contribution < 1.29 is 9.53 Å². The maximum absolute atomic E-state index is 11.5. The van der Waals surface area contributed by atoms with Crippen molar-refractivity contribution in [1.29, 1.82) is 0 Å². The standard InChI is InChI=1S/C9H11N5O2S/c1-2-16-8(15)7-6(17-9(10)13-7)4-3-5-12-14-11/h3-4H,2,5H2,1H3,(H2,10,13). The SMILES string of the molecule is CCOC(=O)c1nc(N)sc1C=CCN=[N+]=[N-]. The van der Waals surface area contributed by atoms with Gasteiger partial charge in [-0.3, -0.25) is 0 Å². The molecule has 1 aromatic rings. The number of hydrogen-bond donors (Lipinski definition) is 1. The molecule has 0 aliphatic rings. The normalized spacial score (nSPS) is 10.2. The van der Waals surface area contributed by atoms with E-state index in [1.54, 1.807) is 19.1 Å². The van der Waals surface area contributed by atoms with Gasteiger partial charge in [0.05, 0.1) is 11.5 Å². The molecule has 0 saturated heterocycles. The molecular formula is C9H11N5O2S. The van der Waals surface area contributed by atoms with E-state index in [1.165, 1.54) is 11.3 Å². The van der Waals surface area contributed by atoms with Crippen LogP contribution in [0.3, 0.4) is 0 Å². The summed E-state index contributed by atoms with van der Waals surface area (Å²) >= 11 is 1.17. The number of anilines is 1. The zero-order valence-corrected chi connectivity index (χ0v) is 9.98. The Morgan fingerprint density at radius 2 is 2.53 bits per heavy atom. The number of nitrogens with zero attached hydrogens (tertiary/aromatic N) is 4. The summed E-state index contributed by atoms with van der Waals surface area (Å²) in [7, 11) is 0. The van der Waals surface area contributed by atoms with Gasteiger partial charge in [-0.05, 0) is 18.5 Å². The third-order valence-corrected chi connectivity index (χ3v) is 2.51. The molecule has 0 fully saturated rings. The fraction of sp³-hybridized carbons (Fsp3) is 0.333. The average molecular weight is 253 g/mol. The number of rotatable bonds is 5. The summed E-state index contributed by atoms with van der Waals surface area (Å²) in [4.78, 5) is 18.6. The van der Waals surface area contributed by atoms with Crippen LogP contribution < -0.4 is 5.73 Å². The van der Waals surface area contributed by atoms with Crippen molar-refractivity contribution in [1.82, 2.24) is 4.98 Å². The fourth-order valence-electron chi connectivity index (χ4n) is 1.05. The largest absolute Gasteiger partial charge is 0.461 e. The van der Waals surface area contributed by atoms with E-state index in [0.29, 0.717) is 4.88 Å². The quantitative estimate of drug-likeness (QED) is 0.375. The molecule has 1 heterocycles. The van der Waals surface area contributed by atoms with E-state index < -0.39 is 5.97 Å². The summed E-state index contributed by atoms with van der Waals surface area (Å²) in [6, 6.07) is 0. The molecule has 0 atom stereocenters. The van der Waals surface area contributed by atoms with Crippen molar-refractivity contribution in [3.8, 4) is 0 Å². The van der Waals surface area contributed by atoms with E-state index >= 15 is 0 Å². The van der Waals surface area contributed by atoms with E-state index in [1.807, 2.05) is 0 Å². The number of carbonyl (C=O) groups is 1. The molecule has 0 unspecified atom stereocenters. The van der Waals surface area contributed by atoms with Gasteiger partial charge in [0.25, 0.3) is 0 Å². The minimum Gasteiger partial charge on any atom is -0.461 e. The third-order valence-electron chi connectivity index (χ3n) is 1.66. The number of hydrogen-bond acceptors (Lipinski definition) is 6. The fourth-order valence-corrected chi connectivity index (χ4v) is 1.80. The zero-order chi connectivity index (χ0) is 12.7. The van der Waals surface area contributed by atoms with Gasteiger partial charge in [0.1, 0.15) is 0 Å². The van der Waals surface area contributed by atoms with Gasteiger partial charge in [-0.25, -0.2) is 9.78 Å². The van der Waals surface area contributed by atoms with Gasteiger partial charge < -0.3 is 10.5 Å². The molecule has 0 saturated carbocycles. The first kappa shape index (κ1) is 13.0. The Balaban J connectivity index is 2.87. The highest BCUT2D eigenvalue weighted by Gasteiger charge is 2.16. The molecule has 0 radical (unpaired) electrons. The Hall–Kier alpha value is -2.05. The van der Waals surface area contributed by atoms with Crippen molar-refractivity contribution in [3.63, 3.8) is 0 Å². The van der Waals surface area contributed by atoms with Gasteiger partial charge in [0, 0.05) is 11.5 Å². The molecular weight excluding hydrogens is 242 g/mol. The monoisotopic (exact) mass is 253 g/mol. The van der Waals surface area contributed by atoms with Crippen LogP contribution >= 0.6 is 11.3 Å². The molecule has 0 bridgehead atoms. The topological polar surface area (TPSA) is 114 Å². The first-order chi connectivity index (χ1) is 8.19. The van der Waals surface area contributed by atoms with Crippen molar-refractivity contribution >= 4 is 28.5 Å². The van der Waals surface area contributed by atoms with Crippen LogP contribution in [0.25, 0.3) is 16.5 Å². The summed E-state index contributed by atoms with van der Waals surface area (Å²) in [5, 5.41) is 3.62. The maximum atomic E-state index is 11.5. The minimum atomic E-state index is -0.510. The second-order valence-electron chi connectivity index (χ2n) is 2.80. The first-order valence-corrected chi connectivity index (χ1v) is 5.61. The number of azide groups is 1. The van der Waals surface area contributed by atoms with E-state index in [0.717, 1.165) is 0 Å². The van der Waals surface area contributed by atoms with Crippen molar-refractivity contribution in [2.45, 2.75) is 6.92 Å². The molecule has 0 aromatic carbocycles. The number of nitrogens with two attached hydrogens (primary N) is 1. The second kappa shape index (κ2) is 6.51. The van der Waals surface area contributed by atoms with Gasteiger partial charge in [-0.2, -0.15) is 0 Å². The summed E-state index contributed by atoms with van der Waals surface area (Å²) in [6.07, 6.45) is 3.25. The molecule has 1 aromatic heterocycles. The zero-order valence-electron chi connectivity index (χ0n) is 9.16. The van der Waals surface area contributed by atoms with Crippen LogP contribution in [-0.4, -0.2) is 24.1 Å². The average Bonchev–Trinajstić information content (AvgIpc) is 2.66. The molecule has 7 nitrogen and oxygen atoms in total. The predicted molar refractivity (Wildman–Crippen MR) is 65.5 cm³/mol. The lowest BCUT2D eigenvalue weighted by Crippen LogP contribution is -2.06. The molecule has 8 heteroatoms. The van der Waals surface area contributed by atoms with E-state index in [-0.39, 0.29) is 24.0 Å². The Bertz CT molecular complexity index is 476.